The molecule has 2 rings (SSSR count). The Labute approximate surface area is 120 Å². The third-order valence-corrected chi connectivity index (χ3v) is 2.49. The van der Waals surface area contributed by atoms with Crippen molar-refractivity contribution in [2.45, 2.75) is 11.3 Å². The summed E-state index contributed by atoms with van der Waals surface area (Å²) in [4.78, 5) is 1.02. The average molecular weight is 224 g/mol. The van der Waals surface area contributed by atoms with Crippen molar-refractivity contribution in [3.63, 3.8) is 0 Å². The molecule has 0 saturated carbocycles. The van der Waals surface area contributed by atoms with Gasteiger partial charge in [-0.25, -0.2) is 0 Å². The van der Waals surface area contributed by atoms with Crippen molar-refractivity contribution in [1.82, 2.24) is 0 Å². The SMILES string of the molecule is Sc1ccc(Cc2ccccc2)cc1.[H-].[Na+]. The van der Waals surface area contributed by atoms with Crippen LogP contribution in [0.4, 0.5) is 0 Å². The van der Waals surface area contributed by atoms with E-state index in [-0.39, 0.29) is 31.0 Å². The van der Waals surface area contributed by atoms with Crippen molar-refractivity contribution in [2.24, 2.45) is 0 Å². The largest absolute Gasteiger partial charge is 1.00 e. The van der Waals surface area contributed by atoms with Gasteiger partial charge < -0.3 is 1.43 Å². The van der Waals surface area contributed by atoms with E-state index in [4.69, 9.17) is 0 Å². The van der Waals surface area contributed by atoms with Crippen LogP contribution in [0.2, 0.25) is 0 Å². The molecule has 0 fully saturated rings. The van der Waals surface area contributed by atoms with Gasteiger partial charge in [0.05, 0.1) is 0 Å². The first kappa shape index (κ1) is 12.9. The first-order valence-corrected chi connectivity index (χ1v) is 5.11. The van der Waals surface area contributed by atoms with Gasteiger partial charge in [-0.2, -0.15) is 0 Å². The fourth-order valence-corrected chi connectivity index (χ4v) is 1.59. The fraction of sp³-hybridized carbons (Fsp3) is 0.0769. The summed E-state index contributed by atoms with van der Waals surface area (Å²) in [5.74, 6) is 0. The Morgan fingerprint density at radius 2 is 1.33 bits per heavy atom. The van der Waals surface area contributed by atoms with Crippen LogP contribution in [-0.4, -0.2) is 0 Å². The van der Waals surface area contributed by atoms with Gasteiger partial charge in [0.2, 0.25) is 0 Å². The molecule has 0 nitrogen and oxygen atoms in total. The smallest absolute Gasteiger partial charge is 1.00 e. The van der Waals surface area contributed by atoms with Crippen LogP contribution in [0.3, 0.4) is 0 Å². The Morgan fingerprint density at radius 1 is 0.800 bits per heavy atom. The van der Waals surface area contributed by atoms with Crippen molar-refractivity contribution >= 4 is 12.6 Å². The van der Waals surface area contributed by atoms with Crippen LogP contribution in [-0.2, 0) is 6.42 Å². The molecule has 0 radical (unpaired) electrons. The maximum Gasteiger partial charge on any atom is 1.00 e. The Balaban J connectivity index is 0.00000112. The summed E-state index contributed by atoms with van der Waals surface area (Å²) in [6, 6.07) is 18.8. The normalized spacial score (nSPS) is 9.40. The molecular weight excluding hydrogens is 211 g/mol. The van der Waals surface area contributed by atoms with Gasteiger partial charge in [0, 0.05) is 4.90 Å². The van der Waals surface area contributed by atoms with E-state index in [0.29, 0.717) is 0 Å². The third-order valence-electron chi connectivity index (χ3n) is 2.19. The van der Waals surface area contributed by atoms with E-state index in [1.54, 1.807) is 0 Å². The van der Waals surface area contributed by atoms with Gasteiger partial charge in [-0.3, -0.25) is 0 Å². The number of hydrogen-bond acceptors (Lipinski definition) is 1. The molecule has 2 heteroatoms. The summed E-state index contributed by atoms with van der Waals surface area (Å²) in [5.41, 5.74) is 2.67. The quantitative estimate of drug-likeness (QED) is 0.563. The van der Waals surface area contributed by atoms with Crippen molar-refractivity contribution in [1.29, 1.82) is 0 Å². The van der Waals surface area contributed by atoms with Gasteiger partial charge in [0.1, 0.15) is 0 Å². The molecule has 0 heterocycles. The second kappa shape index (κ2) is 6.39. The fourth-order valence-electron chi connectivity index (χ4n) is 1.45. The maximum atomic E-state index is 4.26. The van der Waals surface area contributed by atoms with E-state index in [0.717, 1.165) is 11.3 Å². The Morgan fingerprint density at radius 3 is 1.93 bits per heavy atom. The first-order chi connectivity index (χ1) is 6.84. The minimum atomic E-state index is 0. The van der Waals surface area contributed by atoms with Crippen LogP contribution >= 0.6 is 12.6 Å². The van der Waals surface area contributed by atoms with Gasteiger partial charge in [-0.15, -0.1) is 12.6 Å². The second-order valence-electron chi connectivity index (χ2n) is 3.33. The summed E-state index contributed by atoms with van der Waals surface area (Å²) in [6.45, 7) is 0. The molecule has 0 spiro atoms. The van der Waals surface area contributed by atoms with Gasteiger partial charge >= 0.3 is 29.6 Å². The maximum absolute atomic E-state index is 4.26. The predicted octanol–water partition coefficient (Wildman–Crippen LogP) is 0.683. The topological polar surface area (TPSA) is 0 Å². The van der Waals surface area contributed by atoms with Crippen molar-refractivity contribution in [3.8, 4) is 0 Å². The van der Waals surface area contributed by atoms with Crippen LogP contribution < -0.4 is 29.6 Å². The van der Waals surface area contributed by atoms with E-state index in [2.05, 4.69) is 49.0 Å². The van der Waals surface area contributed by atoms with E-state index in [1.165, 1.54) is 11.1 Å². The van der Waals surface area contributed by atoms with Gasteiger partial charge in [-0.05, 0) is 29.7 Å². The molecule has 72 valence electrons. The second-order valence-corrected chi connectivity index (χ2v) is 3.85. The zero-order valence-corrected chi connectivity index (χ0v) is 11.7. The summed E-state index contributed by atoms with van der Waals surface area (Å²) >= 11 is 4.26. The number of hydrogen-bond donors (Lipinski definition) is 1. The molecule has 0 unspecified atom stereocenters. The zero-order valence-electron chi connectivity index (χ0n) is 9.85. The molecule has 0 atom stereocenters. The number of thiol groups is 1. The molecule has 2 aromatic rings. The van der Waals surface area contributed by atoms with E-state index >= 15 is 0 Å². The van der Waals surface area contributed by atoms with Crippen molar-refractivity contribution in [3.05, 3.63) is 65.7 Å². The molecule has 0 amide bonds. The van der Waals surface area contributed by atoms with Crippen molar-refractivity contribution in [2.75, 3.05) is 0 Å². The van der Waals surface area contributed by atoms with Crippen LogP contribution in [0.15, 0.2) is 59.5 Å². The minimum Gasteiger partial charge on any atom is -1.00 e. The van der Waals surface area contributed by atoms with E-state index in [1.807, 2.05) is 18.2 Å². The monoisotopic (exact) mass is 224 g/mol. The van der Waals surface area contributed by atoms with Crippen molar-refractivity contribution < 1.29 is 31.0 Å². The molecule has 2 aromatic carbocycles. The first-order valence-electron chi connectivity index (χ1n) is 4.66. The Kier molecular flexibility index (Phi) is 5.48. The number of rotatable bonds is 2. The summed E-state index contributed by atoms with van der Waals surface area (Å²) in [5, 5.41) is 0. The minimum absolute atomic E-state index is 0. The number of benzene rings is 2. The zero-order chi connectivity index (χ0) is 9.80. The summed E-state index contributed by atoms with van der Waals surface area (Å²) < 4.78 is 0. The third kappa shape index (κ3) is 4.04. The van der Waals surface area contributed by atoms with Crippen LogP contribution in [0, 0.1) is 0 Å². The van der Waals surface area contributed by atoms with Crippen LogP contribution in [0.1, 0.15) is 12.6 Å². The molecule has 0 aromatic heterocycles. The molecule has 0 aliphatic carbocycles. The van der Waals surface area contributed by atoms with E-state index in [9.17, 15) is 0 Å². The van der Waals surface area contributed by atoms with Crippen LogP contribution in [0.5, 0.6) is 0 Å². The predicted molar refractivity (Wildman–Crippen MR) is 64.1 cm³/mol. The Hall–Kier alpha value is -0.210. The molecule has 0 N–H and O–H groups in total. The standard InChI is InChI=1S/C13H12S.Na.H/c14-13-8-6-12(7-9-13)10-11-4-2-1-3-5-11;;/h1-9,14H,10H2;;/q;+1;-1. The summed E-state index contributed by atoms with van der Waals surface area (Å²) in [7, 11) is 0. The van der Waals surface area contributed by atoms with Crippen LogP contribution in [0.25, 0.3) is 0 Å². The molecule has 0 aliphatic rings. The Bertz CT molecular complexity index is 400. The molecule has 0 bridgehead atoms. The summed E-state index contributed by atoms with van der Waals surface area (Å²) in [6.07, 6.45) is 0.995. The molecule has 0 saturated heterocycles. The molecular formula is C13H13NaS. The molecule has 0 aliphatic heterocycles. The average Bonchev–Trinajstić information content (AvgIpc) is 2.23. The van der Waals surface area contributed by atoms with Gasteiger partial charge in [0.15, 0.2) is 0 Å². The van der Waals surface area contributed by atoms with Gasteiger partial charge in [0.25, 0.3) is 0 Å². The van der Waals surface area contributed by atoms with Gasteiger partial charge in [-0.1, -0.05) is 42.5 Å². The molecule has 15 heavy (non-hydrogen) atoms. The van der Waals surface area contributed by atoms with E-state index < -0.39 is 0 Å².